The first-order valence-electron chi connectivity index (χ1n) is 3.57. The molecule has 0 bridgehead atoms. The molecule has 1 N–H and O–H groups in total. The van der Waals surface area contributed by atoms with Crippen molar-refractivity contribution >= 4 is 0 Å². The first-order chi connectivity index (χ1) is 4.43. The van der Waals surface area contributed by atoms with Gasteiger partial charge in [-0.2, -0.15) is 0 Å². The van der Waals surface area contributed by atoms with Crippen LogP contribution in [0.4, 0.5) is 0 Å². The number of nitrogens with one attached hydrogen (secondary N) is 1. The van der Waals surface area contributed by atoms with Crippen molar-refractivity contribution in [2.75, 3.05) is 13.1 Å². The first kappa shape index (κ1) is 6.64. The van der Waals surface area contributed by atoms with Gasteiger partial charge in [0.2, 0.25) is 0 Å². The lowest BCUT2D eigenvalue weighted by atomic mass is 9.97. The Labute approximate surface area is 56.8 Å². The molecule has 0 aromatic rings. The summed E-state index contributed by atoms with van der Waals surface area (Å²) in [7, 11) is 0. The number of hydrogen-bond donors (Lipinski definition) is 1. The third-order valence-electron chi connectivity index (χ3n) is 1.80. The standard InChI is InChI=1S/C8H13N/c1-2-3-4-5-8-6-9-7-8/h1,8-9H,3-7H2. The Balaban J connectivity index is 1.87. The average Bonchev–Trinajstić information content (AvgIpc) is 1.76. The molecule has 0 spiro atoms. The molecule has 1 aliphatic rings. The summed E-state index contributed by atoms with van der Waals surface area (Å²) in [5.74, 6) is 3.58. The molecule has 0 aromatic heterocycles. The van der Waals surface area contributed by atoms with Crippen molar-refractivity contribution in [2.45, 2.75) is 19.3 Å². The molecule has 1 saturated heterocycles. The second kappa shape index (κ2) is 3.53. The highest BCUT2D eigenvalue weighted by Crippen LogP contribution is 2.11. The van der Waals surface area contributed by atoms with E-state index in [0.29, 0.717) is 0 Å². The summed E-state index contributed by atoms with van der Waals surface area (Å²) >= 11 is 0. The Kier molecular flexibility index (Phi) is 2.60. The zero-order valence-electron chi connectivity index (χ0n) is 5.69. The van der Waals surface area contributed by atoms with E-state index in [4.69, 9.17) is 6.42 Å². The lowest BCUT2D eigenvalue weighted by molar-refractivity contribution is 0.322. The topological polar surface area (TPSA) is 12.0 Å². The molecule has 1 aliphatic heterocycles. The van der Waals surface area contributed by atoms with Crippen LogP contribution in [-0.2, 0) is 0 Å². The molecular formula is C8H13N. The zero-order valence-corrected chi connectivity index (χ0v) is 5.69. The van der Waals surface area contributed by atoms with E-state index in [1.54, 1.807) is 0 Å². The van der Waals surface area contributed by atoms with Gasteiger partial charge in [-0.3, -0.25) is 0 Å². The van der Waals surface area contributed by atoms with Gasteiger partial charge in [0.05, 0.1) is 0 Å². The highest BCUT2D eigenvalue weighted by atomic mass is 14.9. The molecule has 0 radical (unpaired) electrons. The highest BCUT2D eigenvalue weighted by molar-refractivity contribution is 4.84. The Hall–Kier alpha value is -0.480. The van der Waals surface area contributed by atoms with Crippen LogP contribution in [0.2, 0.25) is 0 Å². The van der Waals surface area contributed by atoms with Crippen molar-refractivity contribution in [3.05, 3.63) is 0 Å². The summed E-state index contributed by atoms with van der Waals surface area (Å²) in [5.41, 5.74) is 0. The summed E-state index contributed by atoms with van der Waals surface area (Å²) in [6.07, 6.45) is 8.59. The van der Waals surface area contributed by atoms with Crippen molar-refractivity contribution in [3.8, 4) is 12.3 Å². The van der Waals surface area contributed by atoms with Gasteiger partial charge >= 0.3 is 0 Å². The summed E-state index contributed by atoms with van der Waals surface area (Å²) in [6, 6.07) is 0. The zero-order chi connectivity index (χ0) is 6.53. The highest BCUT2D eigenvalue weighted by Gasteiger charge is 2.14. The van der Waals surface area contributed by atoms with Gasteiger partial charge in [-0.25, -0.2) is 0 Å². The lowest BCUT2D eigenvalue weighted by Crippen LogP contribution is -2.41. The Bertz CT molecular complexity index is 108. The SMILES string of the molecule is C#CCCCC1CNC1. The molecule has 0 amide bonds. The van der Waals surface area contributed by atoms with E-state index >= 15 is 0 Å². The molecule has 0 aliphatic carbocycles. The smallest absolute Gasteiger partial charge is 0.00861 e. The fraction of sp³-hybridized carbons (Fsp3) is 0.750. The predicted octanol–water partition coefficient (Wildman–Crippen LogP) is 1.01. The van der Waals surface area contributed by atoms with E-state index in [-0.39, 0.29) is 0 Å². The maximum atomic E-state index is 5.11. The molecule has 1 nitrogen and oxygen atoms in total. The van der Waals surface area contributed by atoms with Gasteiger partial charge in [0, 0.05) is 6.42 Å². The maximum absolute atomic E-state index is 5.11. The molecule has 0 atom stereocenters. The molecule has 0 saturated carbocycles. The summed E-state index contributed by atoms with van der Waals surface area (Å²) in [5, 5.41) is 3.24. The average molecular weight is 123 g/mol. The minimum absolute atomic E-state index is 0.929. The van der Waals surface area contributed by atoms with Crippen LogP contribution in [0.25, 0.3) is 0 Å². The number of rotatable bonds is 3. The van der Waals surface area contributed by atoms with Gasteiger partial charge in [0.15, 0.2) is 0 Å². The second-order valence-corrected chi connectivity index (χ2v) is 2.62. The van der Waals surface area contributed by atoms with Crippen LogP contribution >= 0.6 is 0 Å². The molecule has 1 heterocycles. The summed E-state index contributed by atoms with van der Waals surface area (Å²) in [6.45, 7) is 2.43. The third kappa shape index (κ3) is 2.07. The van der Waals surface area contributed by atoms with Crippen LogP contribution < -0.4 is 5.32 Å². The van der Waals surface area contributed by atoms with Gasteiger partial charge in [0.25, 0.3) is 0 Å². The van der Waals surface area contributed by atoms with Gasteiger partial charge in [-0.15, -0.1) is 12.3 Å². The lowest BCUT2D eigenvalue weighted by Gasteiger charge is -2.26. The van der Waals surface area contributed by atoms with Crippen molar-refractivity contribution in [2.24, 2.45) is 5.92 Å². The van der Waals surface area contributed by atoms with Crippen LogP contribution in [0.3, 0.4) is 0 Å². The van der Waals surface area contributed by atoms with Crippen LogP contribution in [0.1, 0.15) is 19.3 Å². The van der Waals surface area contributed by atoms with E-state index in [0.717, 1.165) is 12.3 Å². The summed E-state index contributed by atoms with van der Waals surface area (Å²) < 4.78 is 0. The van der Waals surface area contributed by atoms with Crippen LogP contribution in [0.15, 0.2) is 0 Å². The molecule has 0 unspecified atom stereocenters. The van der Waals surface area contributed by atoms with Gasteiger partial charge < -0.3 is 5.32 Å². The van der Waals surface area contributed by atoms with Crippen molar-refractivity contribution in [1.82, 2.24) is 5.32 Å². The van der Waals surface area contributed by atoms with Crippen LogP contribution in [0, 0.1) is 18.3 Å². The molecular weight excluding hydrogens is 110 g/mol. The molecule has 0 aromatic carbocycles. The molecule has 1 heteroatoms. The van der Waals surface area contributed by atoms with Crippen LogP contribution in [-0.4, -0.2) is 13.1 Å². The normalized spacial score (nSPS) is 18.6. The number of unbranched alkanes of at least 4 members (excludes halogenated alkanes) is 1. The van der Waals surface area contributed by atoms with E-state index < -0.39 is 0 Å². The molecule has 1 fully saturated rings. The van der Waals surface area contributed by atoms with E-state index in [1.165, 1.54) is 25.9 Å². The largest absolute Gasteiger partial charge is 0.316 e. The van der Waals surface area contributed by atoms with Crippen LogP contribution in [0.5, 0.6) is 0 Å². The Morgan fingerprint density at radius 1 is 1.56 bits per heavy atom. The van der Waals surface area contributed by atoms with Gasteiger partial charge in [-0.1, -0.05) is 0 Å². The monoisotopic (exact) mass is 123 g/mol. The minimum Gasteiger partial charge on any atom is -0.316 e. The van der Waals surface area contributed by atoms with E-state index in [2.05, 4.69) is 11.2 Å². The van der Waals surface area contributed by atoms with Gasteiger partial charge in [0.1, 0.15) is 0 Å². The van der Waals surface area contributed by atoms with Crippen molar-refractivity contribution in [3.63, 3.8) is 0 Å². The second-order valence-electron chi connectivity index (χ2n) is 2.62. The number of hydrogen-bond acceptors (Lipinski definition) is 1. The maximum Gasteiger partial charge on any atom is 0.00861 e. The first-order valence-corrected chi connectivity index (χ1v) is 3.57. The fourth-order valence-electron chi connectivity index (χ4n) is 1.05. The van der Waals surface area contributed by atoms with Gasteiger partial charge in [-0.05, 0) is 31.8 Å². The van der Waals surface area contributed by atoms with E-state index in [1.807, 2.05) is 0 Å². The third-order valence-corrected chi connectivity index (χ3v) is 1.80. The minimum atomic E-state index is 0.929. The molecule has 1 rings (SSSR count). The quantitative estimate of drug-likeness (QED) is 0.436. The fourth-order valence-corrected chi connectivity index (χ4v) is 1.05. The van der Waals surface area contributed by atoms with E-state index in [9.17, 15) is 0 Å². The predicted molar refractivity (Wildman–Crippen MR) is 39.0 cm³/mol. The van der Waals surface area contributed by atoms with Crippen molar-refractivity contribution in [1.29, 1.82) is 0 Å². The summed E-state index contributed by atoms with van der Waals surface area (Å²) in [4.78, 5) is 0. The van der Waals surface area contributed by atoms with Crippen molar-refractivity contribution < 1.29 is 0 Å². The molecule has 9 heavy (non-hydrogen) atoms. The number of terminal acetylenes is 1. The Morgan fingerprint density at radius 3 is 2.78 bits per heavy atom. The molecule has 50 valence electrons. The Morgan fingerprint density at radius 2 is 2.33 bits per heavy atom.